The summed E-state index contributed by atoms with van der Waals surface area (Å²) in [5, 5.41) is 14.9. The summed E-state index contributed by atoms with van der Waals surface area (Å²) in [6.07, 6.45) is 0.438. The highest BCUT2D eigenvalue weighted by Crippen LogP contribution is 2.20. The minimum atomic E-state index is -0.772. The first kappa shape index (κ1) is 23.1. The number of aromatic nitrogens is 4. The van der Waals surface area contributed by atoms with Crippen molar-refractivity contribution in [2.75, 3.05) is 6.54 Å². The van der Waals surface area contributed by atoms with E-state index in [4.69, 9.17) is 9.47 Å². The molecule has 0 atom stereocenters. The molecule has 0 unspecified atom stereocenters. The summed E-state index contributed by atoms with van der Waals surface area (Å²) in [7, 11) is 0. The number of amides is 1. The molecule has 0 bridgehead atoms. The summed E-state index contributed by atoms with van der Waals surface area (Å²) < 4.78 is 24.9. The summed E-state index contributed by atoms with van der Waals surface area (Å²) >= 11 is 0. The lowest BCUT2D eigenvalue weighted by Gasteiger charge is -2.28. The van der Waals surface area contributed by atoms with E-state index in [1.807, 2.05) is 0 Å². The first-order chi connectivity index (χ1) is 13.8. The molecule has 1 heterocycles. The maximum atomic E-state index is 14.2. The van der Waals surface area contributed by atoms with E-state index in [0.29, 0.717) is 11.1 Å². The highest BCUT2D eigenvalue weighted by Gasteiger charge is 2.27. The highest BCUT2D eigenvalue weighted by atomic mass is 19.1. The summed E-state index contributed by atoms with van der Waals surface area (Å²) in [5.74, 6) is -1.03. The Morgan fingerprint density at radius 2 is 1.57 bits per heavy atom. The Labute approximate surface area is 174 Å². The van der Waals surface area contributed by atoms with Crippen LogP contribution in [0.15, 0.2) is 24.5 Å². The largest absolute Gasteiger partial charge is 0.459 e. The summed E-state index contributed by atoms with van der Waals surface area (Å²) in [6, 6.07) is 4.07. The van der Waals surface area contributed by atoms with Gasteiger partial charge in [0, 0.05) is 12.1 Å². The van der Waals surface area contributed by atoms with Crippen LogP contribution >= 0.6 is 0 Å². The van der Waals surface area contributed by atoms with Gasteiger partial charge in [0.05, 0.1) is 0 Å². The van der Waals surface area contributed by atoms with Crippen LogP contribution < -0.4 is 0 Å². The molecule has 9 nitrogen and oxygen atoms in total. The van der Waals surface area contributed by atoms with Gasteiger partial charge in [-0.3, -0.25) is 9.69 Å². The third kappa shape index (κ3) is 7.69. The van der Waals surface area contributed by atoms with Gasteiger partial charge in [0.15, 0.2) is 6.33 Å². The van der Waals surface area contributed by atoms with Crippen LogP contribution in [0.4, 0.5) is 9.18 Å². The maximum absolute atomic E-state index is 14.2. The number of rotatable bonds is 5. The highest BCUT2D eigenvalue weighted by molar-refractivity contribution is 5.78. The minimum absolute atomic E-state index is 0.0907. The third-order valence-corrected chi connectivity index (χ3v) is 3.39. The lowest BCUT2D eigenvalue weighted by molar-refractivity contribution is -0.156. The van der Waals surface area contributed by atoms with Gasteiger partial charge >= 0.3 is 12.1 Å². The van der Waals surface area contributed by atoms with Gasteiger partial charge in [-0.05, 0) is 65.3 Å². The van der Waals surface area contributed by atoms with Crippen molar-refractivity contribution in [1.29, 1.82) is 0 Å². The quantitative estimate of drug-likeness (QED) is 0.680. The van der Waals surface area contributed by atoms with Crippen LogP contribution in [-0.4, -0.2) is 55.1 Å². The smallest absolute Gasteiger partial charge is 0.411 e. The van der Waals surface area contributed by atoms with Crippen molar-refractivity contribution in [2.45, 2.75) is 59.3 Å². The van der Waals surface area contributed by atoms with Crippen molar-refractivity contribution in [3.8, 4) is 11.4 Å². The second kappa shape index (κ2) is 9.10. The Hall–Kier alpha value is -3.17. The molecule has 30 heavy (non-hydrogen) atoms. The van der Waals surface area contributed by atoms with Crippen molar-refractivity contribution in [3.05, 3.63) is 35.9 Å². The van der Waals surface area contributed by atoms with Crippen molar-refractivity contribution < 1.29 is 23.5 Å². The average Bonchev–Trinajstić information content (AvgIpc) is 2.58. The zero-order chi connectivity index (χ0) is 22.5. The van der Waals surface area contributed by atoms with E-state index in [1.165, 1.54) is 12.1 Å². The van der Waals surface area contributed by atoms with Crippen LogP contribution in [0.25, 0.3) is 11.4 Å². The van der Waals surface area contributed by atoms with Crippen molar-refractivity contribution in [1.82, 2.24) is 25.3 Å². The first-order valence-electron chi connectivity index (χ1n) is 9.32. The van der Waals surface area contributed by atoms with Crippen molar-refractivity contribution in [2.24, 2.45) is 0 Å². The zero-order valence-corrected chi connectivity index (χ0v) is 18.0. The van der Waals surface area contributed by atoms with Crippen LogP contribution in [-0.2, 0) is 20.8 Å². The second-order valence-corrected chi connectivity index (χ2v) is 8.64. The molecule has 162 valence electrons. The molecule has 0 N–H and O–H groups in total. The number of hydrogen-bond donors (Lipinski definition) is 0. The molecule has 0 radical (unpaired) electrons. The predicted octanol–water partition coefficient (Wildman–Crippen LogP) is 3.15. The molecule has 0 aliphatic rings. The molecule has 0 aliphatic heterocycles. The molecule has 0 saturated carbocycles. The maximum Gasteiger partial charge on any atom is 0.411 e. The number of ether oxygens (including phenoxy) is 2. The summed E-state index contributed by atoms with van der Waals surface area (Å²) in [5.41, 5.74) is -0.738. The van der Waals surface area contributed by atoms with Gasteiger partial charge < -0.3 is 9.47 Å². The topological polar surface area (TPSA) is 107 Å². The third-order valence-electron chi connectivity index (χ3n) is 3.39. The molecular formula is C20H26FN5O4. The first-order valence-corrected chi connectivity index (χ1v) is 9.32. The SMILES string of the molecule is CC(C)(C)OC(=O)CN(Cc1cc(F)cc(-c2nncnn2)c1)C(=O)OC(C)(C)C. The number of halogens is 1. The number of hydrogen-bond acceptors (Lipinski definition) is 8. The van der Waals surface area contributed by atoms with E-state index in [9.17, 15) is 14.0 Å². The van der Waals surface area contributed by atoms with Crippen molar-refractivity contribution in [3.63, 3.8) is 0 Å². The fourth-order valence-corrected chi connectivity index (χ4v) is 2.45. The van der Waals surface area contributed by atoms with Gasteiger partial charge in [-0.1, -0.05) is 0 Å². The van der Waals surface area contributed by atoms with E-state index >= 15 is 0 Å². The van der Waals surface area contributed by atoms with Crippen LogP contribution in [0, 0.1) is 5.82 Å². The summed E-state index contributed by atoms with van der Waals surface area (Å²) in [4.78, 5) is 26.1. The van der Waals surface area contributed by atoms with E-state index in [0.717, 1.165) is 11.2 Å². The molecule has 1 aromatic carbocycles. The van der Waals surface area contributed by atoms with E-state index in [-0.39, 0.29) is 18.9 Å². The molecule has 0 fully saturated rings. The molecular weight excluding hydrogens is 393 g/mol. The van der Waals surface area contributed by atoms with Gasteiger partial charge in [-0.15, -0.1) is 20.4 Å². The predicted molar refractivity (Wildman–Crippen MR) is 106 cm³/mol. The minimum Gasteiger partial charge on any atom is -0.459 e. The van der Waals surface area contributed by atoms with Gasteiger partial charge in [-0.25, -0.2) is 9.18 Å². The normalized spacial score (nSPS) is 11.7. The Bertz CT molecular complexity index is 894. The van der Waals surface area contributed by atoms with Crippen LogP contribution in [0.2, 0.25) is 0 Å². The molecule has 0 saturated heterocycles. The second-order valence-electron chi connectivity index (χ2n) is 8.64. The molecule has 0 spiro atoms. The number of benzene rings is 1. The zero-order valence-electron chi connectivity index (χ0n) is 18.0. The molecule has 2 rings (SSSR count). The Balaban J connectivity index is 2.29. The molecule has 2 aromatic rings. The Morgan fingerprint density at radius 1 is 0.967 bits per heavy atom. The lowest BCUT2D eigenvalue weighted by atomic mass is 10.1. The van der Waals surface area contributed by atoms with Crippen LogP contribution in [0.5, 0.6) is 0 Å². The van der Waals surface area contributed by atoms with Gasteiger partial charge in [-0.2, -0.15) is 0 Å². The molecule has 0 aliphatic carbocycles. The standard InChI is InChI=1S/C20H26FN5O4/c1-19(2,3)29-16(27)11-26(18(28)30-20(4,5)6)10-13-7-14(9-15(21)8-13)17-24-22-12-23-25-17/h7-9,12H,10-11H2,1-6H3. The van der Waals surface area contributed by atoms with E-state index < -0.39 is 29.1 Å². The monoisotopic (exact) mass is 419 g/mol. The average molecular weight is 419 g/mol. The Kier molecular flexibility index (Phi) is 7.01. The van der Waals surface area contributed by atoms with E-state index in [2.05, 4.69) is 20.4 Å². The molecule has 1 aromatic heterocycles. The lowest BCUT2D eigenvalue weighted by Crippen LogP contribution is -2.41. The Morgan fingerprint density at radius 3 is 2.13 bits per heavy atom. The van der Waals surface area contributed by atoms with Crippen molar-refractivity contribution >= 4 is 12.1 Å². The van der Waals surface area contributed by atoms with Crippen LogP contribution in [0.3, 0.4) is 0 Å². The number of carbonyl (C=O) groups excluding carboxylic acids is 2. The fraction of sp³-hybridized carbons (Fsp3) is 0.500. The van der Waals surface area contributed by atoms with Gasteiger partial charge in [0.25, 0.3) is 0 Å². The fourth-order valence-electron chi connectivity index (χ4n) is 2.45. The summed E-state index contributed by atoms with van der Waals surface area (Å²) in [6.45, 7) is 9.86. The molecule has 10 heteroatoms. The van der Waals surface area contributed by atoms with Gasteiger partial charge in [0.1, 0.15) is 23.6 Å². The number of carbonyl (C=O) groups is 2. The van der Waals surface area contributed by atoms with Crippen LogP contribution in [0.1, 0.15) is 47.1 Å². The van der Waals surface area contributed by atoms with E-state index in [1.54, 1.807) is 47.6 Å². The molecule has 1 amide bonds. The number of esters is 1. The van der Waals surface area contributed by atoms with Gasteiger partial charge in [0.2, 0.25) is 5.82 Å². The number of nitrogens with zero attached hydrogens (tertiary/aromatic N) is 5.